The van der Waals surface area contributed by atoms with Gasteiger partial charge in [0.1, 0.15) is 0 Å². The Morgan fingerprint density at radius 1 is 1.25 bits per heavy atom. The lowest BCUT2D eigenvalue weighted by molar-refractivity contribution is 0.0649. The minimum absolute atomic E-state index is 0.134. The summed E-state index contributed by atoms with van der Waals surface area (Å²) in [6, 6.07) is 6.82. The van der Waals surface area contributed by atoms with Gasteiger partial charge in [0.25, 0.3) is 0 Å². The van der Waals surface area contributed by atoms with Gasteiger partial charge in [0.05, 0.1) is 11.0 Å². The molecule has 0 amide bonds. The fourth-order valence-electron chi connectivity index (χ4n) is 2.71. The van der Waals surface area contributed by atoms with E-state index in [1.807, 2.05) is 32.9 Å². The highest BCUT2D eigenvalue weighted by Crippen LogP contribution is 2.29. The topological polar surface area (TPSA) is 57.6 Å². The number of aryl methyl sites for hydroxylation is 1. The number of nitrogens with zero attached hydrogens (tertiary/aromatic N) is 1. The Balaban J connectivity index is 2.34. The average molecular weight is 297 g/mol. The molecule has 2 rings (SSSR count). The van der Waals surface area contributed by atoms with Crippen molar-refractivity contribution in [1.82, 2.24) is 4.31 Å². The van der Waals surface area contributed by atoms with Crippen LogP contribution >= 0.6 is 0 Å². The number of sulfonamides is 1. The summed E-state index contributed by atoms with van der Waals surface area (Å²) in [5, 5.41) is 9.80. The summed E-state index contributed by atoms with van der Waals surface area (Å²) in [7, 11) is -3.47. The van der Waals surface area contributed by atoms with E-state index >= 15 is 0 Å². The van der Waals surface area contributed by atoms with Gasteiger partial charge in [-0.05, 0) is 37.8 Å². The highest BCUT2D eigenvalue weighted by Gasteiger charge is 2.37. The number of hydrogen-bond acceptors (Lipinski definition) is 3. The van der Waals surface area contributed by atoms with Crippen LogP contribution in [0.5, 0.6) is 0 Å². The molecule has 1 saturated heterocycles. The largest absolute Gasteiger partial charge is 0.393 e. The second kappa shape index (κ2) is 5.84. The molecule has 1 N–H and O–H groups in total. The standard InChI is InChI=1S/C15H23NO3S/c1-11(2)15-10-13(17)8-9-16(15)20(18,19)14-6-4-12(3)5-7-14/h4-7,11,13,15,17H,8-10H2,1-3H3/t13-,15-/m0/s1. The van der Waals surface area contributed by atoms with E-state index in [2.05, 4.69) is 0 Å². The summed E-state index contributed by atoms with van der Waals surface area (Å²) < 4.78 is 27.1. The molecule has 0 spiro atoms. The summed E-state index contributed by atoms with van der Waals surface area (Å²) >= 11 is 0. The summed E-state index contributed by atoms with van der Waals surface area (Å²) in [4.78, 5) is 0.338. The van der Waals surface area contributed by atoms with Gasteiger partial charge < -0.3 is 5.11 Å². The van der Waals surface area contributed by atoms with Crippen LogP contribution in [0.4, 0.5) is 0 Å². The molecule has 2 atom stereocenters. The molecule has 20 heavy (non-hydrogen) atoms. The Hall–Kier alpha value is -0.910. The lowest BCUT2D eigenvalue weighted by atomic mass is 9.93. The smallest absolute Gasteiger partial charge is 0.243 e. The van der Waals surface area contributed by atoms with Gasteiger partial charge in [-0.15, -0.1) is 0 Å². The predicted molar refractivity (Wildman–Crippen MR) is 78.9 cm³/mol. The highest BCUT2D eigenvalue weighted by atomic mass is 32.2. The molecule has 1 fully saturated rings. The van der Waals surface area contributed by atoms with Crippen molar-refractivity contribution >= 4 is 10.0 Å². The quantitative estimate of drug-likeness (QED) is 0.930. The Kier molecular flexibility index (Phi) is 4.52. The van der Waals surface area contributed by atoms with E-state index in [1.54, 1.807) is 16.4 Å². The third kappa shape index (κ3) is 3.05. The first-order chi connectivity index (χ1) is 9.32. The zero-order valence-corrected chi connectivity index (χ0v) is 13.1. The zero-order valence-electron chi connectivity index (χ0n) is 12.3. The normalized spacial score (nSPS) is 25.1. The fourth-order valence-corrected chi connectivity index (χ4v) is 4.49. The van der Waals surface area contributed by atoms with E-state index in [9.17, 15) is 13.5 Å². The van der Waals surface area contributed by atoms with Crippen molar-refractivity contribution in [1.29, 1.82) is 0 Å². The number of benzene rings is 1. The minimum atomic E-state index is -3.47. The molecule has 1 aliphatic rings. The first-order valence-corrected chi connectivity index (χ1v) is 8.53. The first kappa shape index (κ1) is 15.5. The molecule has 0 saturated carbocycles. The maximum Gasteiger partial charge on any atom is 0.243 e. The molecule has 112 valence electrons. The van der Waals surface area contributed by atoms with Crippen LogP contribution in [0.15, 0.2) is 29.2 Å². The molecule has 4 nitrogen and oxygen atoms in total. The molecule has 0 aliphatic carbocycles. The monoisotopic (exact) mass is 297 g/mol. The predicted octanol–water partition coefficient (Wildman–Crippen LogP) is 2.17. The van der Waals surface area contributed by atoms with E-state index in [1.165, 1.54) is 0 Å². The summed E-state index contributed by atoms with van der Waals surface area (Å²) in [6.45, 7) is 6.32. The van der Waals surface area contributed by atoms with Gasteiger partial charge in [-0.1, -0.05) is 31.5 Å². The highest BCUT2D eigenvalue weighted by molar-refractivity contribution is 7.89. The molecule has 1 aliphatic heterocycles. The molecule has 0 radical (unpaired) electrons. The van der Waals surface area contributed by atoms with Gasteiger partial charge in [-0.3, -0.25) is 0 Å². The number of aliphatic hydroxyl groups excluding tert-OH is 1. The number of hydrogen-bond donors (Lipinski definition) is 1. The van der Waals surface area contributed by atoms with Crippen LogP contribution in [0.25, 0.3) is 0 Å². The Bertz CT molecular complexity index is 551. The van der Waals surface area contributed by atoms with Crippen LogP contribution in [0.2, 0.25) is 0 Å². The third-order valence-electron chi connectivity index (χ3n) is 3.96. The lowest BCUT2D eigenvalue weighted by Gasteiger charge is -2.39. The van der Waals surface area contributed by atoms with Crippen LogP contribution in [-0.4, -0.2) is 36.5 Å². The molecule has 1 aromatic rings. The van der Waals surface area contributed by atoms with Crippen LogP contribution in [-0.2, 0) is 10.0 Å². The SMILES string of the molecule is Cc1ccc(S(=O)(=O)N2CC[C@H](O)C[C@H]2C(C)C)cc1. The van der Waals surface area contributed by atoms with Crippen LogP contribution in [0.1, 0.15) is 32.3 Å². The molecular formula is C15H23NO3S. The summed E-state index contributed by atoms with van der Waals surface area (Å²) in [6.07, 6.45) is 0.628. The van der Waals surface area contributed by atoms with Crippen molar-refractivity contribution in [2.45, 2.75) is 50.7 Å². The van der Waals surface area contributed by atoms with Crippen LogP contribution < -0.4 is 0 Å². The van der Waals surface area contributed by atoms with Gasteiger partial charge >= 0.3 is 0 Å². The Morgan fingerprint density at radius 2 is 1.85 bits per heavy atom. The Labute approximate surface area is 121 Å². The first-order valence-electron chi connectivity index (χ1n) is 7.09. The van der Waals surface area contributed by atoms with Crippen molar-refractivity contribution in [3.05, 3.63) is 29.8 Å². The lowest BCUT2D eigenvalue weighted by Crippen LogP contribution is -2.49. The number of piperidine rings is 1. The number of rotatable bonds is 3. The zero-order chi connectivity index (χ0) is 14.9. The van der Waals surface area contributed by atoms with Crippen molar-refractivity contribution in [2.24, 2.45) is 5.92 Å². The van der Waals surface area contributed by atoms with Gasteiger partial charge in [-0.25, -0.2) is 8.42 Å². The molecular weight excluding hydrogens is 274 g/mol. The molecule has 0 unspecified atom stereocenters. The van der Waals surface area contributed by atoms with Crippen molar-refractivity contribution < 1.29 is 13.5 Å². The maximum atomic E-state index is 12.8. The molecule has 1 heterocycles. The van der Waals surface area contributed by atoms with Crippen LogP contribution in [0.3, 0.4) is 0 Å². The van der Waals surface area contributed by atoms with Gasteiger partial charge in [0.2, 0.25) is 10.0 Å². The third-order valence-corrected chi connectivity index (χ3v) is 5.90. The Morgan fingerprint density at radius 3 is 2.40 bits per heavy atom. The average Bonchev–Trinajstić information content (AvgIpc) is 2.38. The number of aliphatic hydroxyl groups is 1. The van der Waals surface area contributed by atoms with Gasteiger partial charge in [0.15, 0.2) is 0 Å². The van der Waals surface area contributed by atoms with E-state index in [4.69, 9.17) is 0 Å². The van der Waals surface area contributed by atoms with Gasteiger partial charge in [0, 0.05) is 12.6 Å². The second-order valence-electron chi connectivity index (χ2n) is 5.92. The minimum Gasteiger partial charge on any atom is -0.393 e. The van der Waals surface area contributed by atoms with E-state index < -0.39 is 16.1 Å². The molecule has 5 heteroatoms. The van der Waals surface area contributed by atoms with Gasteiger partial charge in [-0.2, -0.15) is 4.31 Å². The van der Waals surface area contributed by atoms with Crippen molar-refractivity contribution in [3.63, 3.8) is 0 Å². The van der Waals surface area contributed by atoms with E-state index in [0.717, 1.165) is 5.56 Å². The maximum absolute atomic E-state index is 12.8. The summed E-state index contributed by atoms with van der Waals surface area (Å²) in [5.74, 6) is 0.185. The molecule has 0 bridgehead atoms. The van der Waals surface area contributed by atoms with Crippen molar-refractivity contribution in [3.8, 4) is 0 Å². The van der Waals surface area contributed by atoms with E-state index in [0.29, 0.717) is 24.3 Å². The molecule has 1 aromatic carbocycles. The fraction of sp³-hybridized carbons (Fsp3) is 0.600. The van der Waals surface area contributed by atoms with E-state index in [-0.39, 0.29) is 12.0 Å². The van der Waals surface area contributed by atoms with Crippen LogP contribution in [0, 0.1) is 12.8 Å². The molecule has 0 aromatic heterocycles. The summed E-state index contributed by atoms with van der Waals surface area (Å²) in [5.41, 5.74) is 1.04. The second-order valence-corrected chi connectivity index (χ2v) is 7.81. The van der Waals surface area contributed by atoms with Crippen molar-refractivity contribution in [2.75, 3.05) is 6.54 Å².